The Hall–Kier alpha value is -7.36. The molecule has 0 spiro atoms. The highest BCUT2D eigenvalue weighted by molar-refractivity contribution is 6.14. The number of anilines is 6. The van der Waals surface area contributed by atoms with E-state index in [1.165, 1.54) is 50.0 Å². The molecule has 0 bridgehead atoms. The fourth-order valence-electron chi connectivity index (χ4n) is 8.38. The summed E-state index contributed by atoms with van der Waals surface area (Å²) in [6.45, 7) is 0. The first-order valence-corrected chi connectivity index (χ1v) is 18.8. The zero-order valence-electron chi connectivity index (χ0n) is 29.9. The predicted octanol–water partition coefficient (Wildman–Crippen LogP) is 15.0. The second-order valence-electron chi connectivity index (χ2n) is 14.2. The minimum atomic E-state index is 0.885. The van der Waals surface area contributed by atoms with Gasteiger partial charge in [-0.3, -0.25) is 0 Å². The highest BCUT2D eigenvalue weighted by atomic mass is 16.3. The highest BCUT2D eigenvalue weighted by Gasteiger charge is 2.26. The van der Waals surface area contributed by atoms with Crippen molar-refractivity contribution in [2.45, 2.75) is 0 Å². The number of rotatable bonds is 6. The number of benzene rings is 9. The molecule has 0 unspecified atom stereocenters. The van der Waals surface area contributed by atoms with E-state index in [-0.39, 0.29) is 0 Å². The molecular weight excluding hydrogens is 669 g/mol. The Morgan fingerprint density at radius 1 is 0.364 bits per heavy atom. The van der Waals surface area contributed by atoms with Crippen molar-refractivity contribution in [3.63, 3.8) is 0 Å². The van der Waals surface area contributed by atoms with Gasteiger partial charge in [-0.2, -0.15) is 0 Å². The average Bonchev–Trinajstić information content (AvgIpc) is 3.63. The van der Waals surface area contributed by atoms with E-state index in [1.807, 2.05) is 12.1 Å². The molecule has 3 heteroatoms. The number of fused-ring (bicyclic) bond motifs is 5. The van der Waals surface area contributed by atoms with Gasteiger partial charge in [-0.1, -0.05) is 133 Å². The van der Waals surface area contributed by atoms with Crippen LogP contribution >= 0.6 is 0 Å². The molecule has 0 saturated carbocycles. The molecule has 0 saturated heterocycles. The fraction of sp³-hybridized carbons (Fsp3) is 0. The molecule has 0 aliphatic carbocycles. The molecule has 1 aliphatic heterocycles. The third-order valence-electron chi connectivity index (χ3n) is 11.0. The summed E-state index contributed by atoms with van der Waals surface area (Å²) in [6, 6.07) is 74.0. The molecule has 1 aromatic heterocycles. The van der Waals surface area contributed by atoms with Crippen LogP contribution in [0.5, 0.6) is 0 Å². The lowest BCUT2D eigenvalue weighted by Gasteiger charge is -2.34. The lowest BCUT2D eigenvalue weighted by molar-refractivity contribution is 0.669. The van der Waals surface area contributed by atoms with Crippen LogP contribution in [-0.4, -0.2) is 0 Å². The molecule has 0 radical (unpaired) electrons. The van der Waals surface area contributed by atoms with Crippen LogP contribution in [0.25, 0.3) is 66.1 Å². The van der Waals surface area contributed by atoms with Crippen molar-refractivity contribution in [2.75, 3.05) is 9.80 Å². The monoisotopic (exact) mass is 702 g/mol. The van der Waals surface area contributed by atoms with Crippen molar-refractivity contribution in [3.8, 4) is 33.4 Å². The van der Waals surface area contributed by atoms with Crippen LogP contribution < -0.4 is 9.80 Å². The lowest BCUT2D eigenvalue weighted by Crippen LogP contribution is -2.15. The second kappa shape index (κ2) is 12.6. The number of hydrogen-bond acceptors (Lipinski definition) is 3. The summed E-state index contributed by atoms with van der Waals surface area (Å²) in [7, 11) is 0. The van der Waals surface area contributed by atoms with Gasteiger partial charge in [-0.15, -0.1) is 0 Å². The van der Waals surface area contributed by atoms with Gasteiger partial charge in [-0.05, 0) is 106 Å². The smallest absolute Gasteiger partial charge is 0.135 e. The molecular formula is C52H34N2O. The van der Waals surface area contributed by atoms with Crippen LogP contribution in [0.1, 0.15) is 0 Å². The quantitative estimate of drug-likeness (QED) is 0.172. The van der Waals surface area contributed by atoms with Crippen LogP contribution in [-0.2, 0) is 0 Å². The van der Waals surface area contributed by atoms with Crippen molar-refractivity contribution in [3.05, 3.63) is 206 Å². The number of nitrogens with zero attached hydrogens (tertiary/aromatic N) is 2. The van der Waals surface area contributed by atoms with Crippen LogP contribution in [0.3, 0.4) is 0 Å². The van der Waals surface area contributed by atoms with Gasteiger partial charge in [0, 0.05) is 44.5 Å². The van der Waals surface area contributed by atoms with Gasteiger partial charge in [-0.25, -0.2) is 0 Å². The summed E-state index contributed by atoms with van der Waals surface area (Å²) in [6.07, 6.45) is 0. The minimum absolute atomic E-state index is 0.885. The van der Waals surface area contributed by atoms with Gasteiger partial charge in [0.2, 0.25) is 0 Å². The van der Waals surface area contributed by atoms with Gasteiger partial charge in [0.25, 0.3) is 0 Å². The number of para-hydroxylation sites is 2. The SMILES string of the molecule is c1ccc(-c2ccc(N(c3ccc(-c4ccc5c(c4)N(c4ccccc4)c4cccc6cccc-5c46)cc3)c3ccc4oc5ccccc5c4c3)cc2)cc1. The van der Waals surface area contributed by atoms with Gasteiger partial charge in [0.15, 0.2) is 0 Å². The van der Waals surface area contributed by atoms with Gasteiger partial charge in [0.1, 0.15) is 11.2 Å². The summed E-state index contributed by atoms with van der Waals surface area (Å²) in [5, 5.41) is 4.76. The second-order valence-corrected chi connectivity index (χ2v) is 14.2. The third kappa shape index (κ3) is 5.20. The molecule has 1 aliphatic rings. The molecule has 10 aromatic rings. The predicted molar refractivity (Wildman–Crippen MR) is 230 cm³/mol. The van der Waals surface area contributed by atoms with Crippen molar-refractivity contribution in [2.24, 2.45) is 0 Å². The maximum absolute atomic E-state index is 6.22. The first kappa shape index (κ1) is 31.2. The molecule has 0 N–H and O–H groups in total. The summed E-state index contributed by atoms with van der Waals surface area (Å²) >= 11 is 0. The third-order valence-corrected chi connectivity index (χ3v) is 11.0. The van der Waals surface area contributed by atoms with Gasteiger partial charge in [0.05, 0.1) is 11.4 Å². The van der Waals surface area contributed by atoms with E-state index in [9.17, 15) is 0 Å². The highest BCUT2D eigenvalue weighted by Crippen LogP contribution is 2.52. The Labute approximate surface area is 319 Å². The molecule has 3 nitrogen and oxygen atoms in total. The van der Waals surface area contributed by atoms with Crippen LogP contribution in [0.15, 0.2) is 211 Å². The van der Waals surface area contributed by atoms with Crippen molar-refractivity contribution in [1.82, 2.24) is 0 Å². The topological polar surface area (TPSA) is 19.6 Å². The van der Waals surface area contributed by atoms with E-state index >= 15 is 0 Å². The van der Waals surface area contributed by atoms with E-state index in [0.717, 1.165) is 50.3 Å². The lowest BCUT2D eigenvalue weighted by atomic mass is 9.89. The van der Waals surface area contributed by atoms with E-state index in [4.69, 9.17) is 4.42 Å². The minimum Gasteiger partial charge on any atom is -0.456 e. The zero-order chi connectivity index (χ0) is 36.3. The maximum atomic E-state index is 6.22. The molecule has 0 amide bonds. The average molecular weight is 703 g/mol. The molecule has 11 rings (SSSR count). The van der Waals surface area contributed by atoms with E-state index in [2.05, 4.69) is 204 Å². The number of furan rings is 1. The van der Waals surface area contributed by atoms with Gasteiger partial charge >= 0.3 is 0 Å². The molecule has 55 heavy (non-hydrogen) atoms. The normalized spacial score (nSPS) is 12.0. The Kier molecular flexibility index (Phi) is 7.17. The number of hydrogen-bond donors (Lipinski definition) is 0. The Morgan fingerprint density at radius 2 is 0.964 bits per heavy atom. The summed E-state index contributed by atoms with van der Waals surface area (Å²) < 4.78 is 6.22. The van der Waals surface area contributed by atoms with Crippen LogP contribution in [0.2, 0.25) is 0 Å². The van der Waals surface area contributed by atoms with Crippen LogP contribution in [0, 0.1) is 0 Å². The van der Waals surface area contributed by atoms with Crippen molar-refractivity contribution in [1.29, 1.82) is 0 Å². The van der Waals surface area contributed by atoms with Crippen molar-refractivity contribution < 1.29 is 4.42 Å². The summed E-state index contributed by atoms with van der Waals surface area (Å²) in [5.41, 5.74) is 15.8. The Morgan fingerprint density at radius 3 is 1.73 bits per heavy atom. The van der Waals surface area contributed by atoms with Gasteiger partial charge < -0.3 is 14.2 Å². The summed E-state index contributed by atoms with van der Waals surface area (Å²) in [4.78, 5) is 4.75. The van der Waals surface area contributed by atoms with Crippen molar-refractivity contribution >= 4 is 66.8 Å². The molecule has 2 heterocycles. The van der Waals surface area contributed by atoms with Crippen LogP contribution in [0.4, 0.5) is 34.1 Å². The Balaban J connectivity index is 1.02. The molecule has 258 valence electrons. The fourth-order valence-corrected chi connectivity index (χ4v) is 8.38. The molecule has 0 atom stereocenters. The van der Waals surface area contributed by atoms with E-state index in [0.29, 0.717) is 0 Å². The van der Waals surface area contributed by atoms with E-state index < -0.39 is 0 Å². The Bertz CT molecular complexity index is 3020. The maximum Gasteiger partial charge on any atom is 0.135 e. The largest absolute Gasteiger partial charge is 0.456 e. The van der Waals surface area contributed by atoms with E-state index in [1.54, 1.807) is 0 Å². The zero-order valence-corrected chi connectivity index (χ0v) is 29.9. The standard InChI is InChI=1S/C52H34N2O/c1-3-11-35(12-4-1)36-21-26-41(27-22-36)53(43-30-32-51-47(34-43)45-17-7-8-20-50(45)55-51)42-28-23-37(24-29-42)39-25-31-44-46-18-9-13-38-14-10-19-48(52(38)46)54(49(44)33-39)40-15-5-2-6-16-40/h1-34H. The summed E-state index contributed by atoms with van der Waals surface area (Å²) in [5.74, 6) is 0. The molecule has 0 fully saturated rings. The first-order valence-electron chi connectivity index (χ1n) is 18.8. The molecule has 9 aromatic carbocycles. The first-order chi connectivity index (χ1) is 27.3.